The van der Waals surface area contributed by atoms with E-state index >= 15 is 0 Å². The van der Waals surface area contributed by atoms with Crippen LogP contribution in [0.25, 0.3) is 6.08 Å². The maximum atomic E-state index is 12.4. The average molecular weight is 460 g/mol. The van der Waals surface area contributed by atoms with Crippen molar-refractivity contribution in [3.63, 3.8) is 0 Å². The first kappa shape index (κ1) is 20.8. The number of carbonyl (C=O) groups excluding carboxylic acids is 2. The van der Waals surface area contributed by atoms with Gasteiger partial charge in [0.15, 0.2) is 18.1 Å². The highest BCUT2D eigenvalue weighted by Gasteiger charge is 2.40. The van der Waals surface area contributed by atoms with Crippen molar-refractivity contribution in [3.05, 3.63) is 27.1 Å². The van der Waals surface area contributed by atoms with Gasteiger partial charge in [0.1, 0.15) is 6.04 Å². The van der Waals surface area contributed by atoms with E-state index in [1.807, 2.05) is 0 Å². The molecule has 9 nitrogen and oxygen atoms in total. The standard InChI is InChI=1S/C16H14BrNO8S/c1-7(15(22)23)18-14(21)11(27-16(18)24)5-8-3-9(17)13(10(4-8)25-2)26-6-12(19)20/h3-5,7H,6H2,1-2H3,(H,19,20)(H,22,23)/b11-5+/t7-/m1/s1. The largest absolute Gasteiger partial charge is 0.493 e. The predicted molar refractivity (Wildman–Crippen MR) is 98.7 cm³/mol. The number of carbonyl (C=O) groups is 4. The van der Waals surface area contributed by atoms with E-state index in [0.29, 0.717) is 26.7 Å². The highest BCUT2D eigenvalue weighted by molar-refractivity contribution is 9.10. The fraction of sp³-hybridized carbons (Fsp3) is 0.250. The number of carboxylic acid groups (broad SMARTS) is 2. The van der Waals surface area contributed by atoms with E-state index < -0.39 is 35.7 Å². The molecule has 1 aliphatic heterocycles. The van der Waals surface area contributed by atoms with Crippen molar-refractivity contribution in [1.29, 1.82) is 0 Å². The summed E-state index contributed by atoms with van der Waals surface area (Å²) >= 11 is 3.88. The van der Waals surface area contributed by atoms with Gasteiger partial charge in [-0.15, -0.1) is 0 Å². The van der Waals surface area contributed by atoms with Crippen molar-refractivity contribution >= 4 is 56.9 Å². The topological polar surface area (TPSA) is 130 Å². The molecule has 0 bridgehead atoms. The summed E-state index contributed by atoms with van der Waals surface area (Å²) in [6.45, 7) is 0.677. The van der Waals surface area contributed by atoms with Crippen LogP contribution >= 0.6 is 27.7 Å². The second-order valence-corrected chi connectivity index (χ2v) is 7.13. The number of thioether (sulfide) groups is 1. The molecule has 1 atom stereocenters. The summed E-state index contributed by atoms with van der Waals surface area (Å²) in [4.78, 5) is 46.8. The number of halogens is 1. The molecule has 0 aromatic heterocycles. The minimum atomic E-state index is -1.29. The van der Waals surface area contributed by atoms with Gasteiger partial charge < -0.3 is 19.7 Å². The Kier molecular flexibility index (Phi) is 6.50. The molecule has 1 aliphatic rings. The molecule has 144 valence electrons. The van der Waals surface area contributed by atoms with Crippen LogP contribution < -0.4 is 9.47 Å². The lowest BCUT2D eigenvalue weighted by atomic mass is 10.1. The molecule has 1 heterocycles. The molecule has 0 aliphatic carbocycles. The smallest absolute Gasteiger partial charge is 0.341 e. The Bertz CT molecular complexity index is 853. The minimum absolute atomic E-state index is 0.0567. The molecule has 2 N–H and O–H groups in total. The number of aliphatic carboxylic acids is 2. The molecule has 0 radical (unpaired) electrons. The van der Waals surface area contributed by atoms with Crippen LogP contribution in [0.1, 0.15) is 12.5 Å². The van der Waals surface area contributed by atoms with E-state index in [0.717, 1.165) is 0 Å². The highest BCUT2D eigenvalue weighted by atomic mass is 79.9. The van der Waals surface area contributed by atoms with Gasteiger partial charge in [-0.25, -0.2) is 9.59 Å². The van der Waals surface area contributed by atoms with Gasteiger partial charge in [-0.2, -0.15) is 0 Å². The van der Waals surface area contributed by atoms with Gasteiger partial charge in [-0.05, 0) is 58.4 Å². The van der Waals surface area contributed by atoms with Gasteiger partial charge in [0.05, 0.1) is 16.5 Å². The van der Waals surface area contributed by atoms with E-state index in [2.05, 4.69) is 15.9 Å². The molecular formula is C16H14BrNO8S. The van der Waals surface area contributed by atoms with Crippen LogP contribution in [0.5, 0.6) is 11.5 Å². The molecule has 1 aromatic carbocycles. The number of amides is 2. The summed E-state index contributed by atoms with van der Waals surface area (Å²) in [6, 6.07) is 1.77. The van der Waals surface area contributed by atoms with Crippen molar-refractivity contribution in [2.75, 3.05) is 13.7 Å². The summed E-state index contributed by atoms with van der Waals surface area (Å²) in [5.74, 6) is -2.77. The first-order chi connectivity index (χ1) is 12.6. The van der Waals surface area contributed by atoms with Crippen LogP contribution in [0.15, 0.2) is 21.5 Å². The van der Waals surface area contributed by atoms with Crippen LogP contribution in [0.2, 0.25) is 0 Å². The maximum absolute atomic E-state index is 12.4. The molecule has 1 fully saturated rings. The van der Waals surface area contributed by atoms with Crippen molar-refractivity contribution in [2.24, 2.45) is 0 Å². The number of benzene rings is 1. The van der Waals surface area contributed by atoms with Gasteiger partial charge in [0, 0.05) is 0 Å². The normalized spacial score (nSPS) is 16.6. The number of hydrogen-bond donors (Lipinski definition) is 2. The molecule has 11 heteroatoms. The van der Waals surface area contributed by atoms with Crippen molar-refractivity contribution in [1.82, 2.24) is 4.90 Å². The van der Waals surface area contributed by atoms with E-state index in [9.17, 15) is 19.2 Å². The van der Waals surface area contributed by atoms with Gasteiger partial charge >= 0.3 is 11.9 Å². The van der Waals surface area contributed by atoms with Crippen LogP contribution in [0.4, 0.5) is 4.79 Å². The summed E-state index contributed by atoms with van der Waals surface area (Å²) < 4.78 is 10.7. The second kappa shape index (κ2) is 8.44. The quantitative estimate of drug-likeness (QED) is 0.589. The molecule has 2 amide bonds. The van der Waals surface area contributed by atoms with Crippen molar-refractivity contribution < 1.29 is 38.9 Å². The molecule has 1 aromatic rings. The summed E-state index contributed by atoms with van der Waals surface area (Å²) in [5, 5.41) is 17.1. The first-order valence-corrected chi connectivity index (χ1v) is 8.98. The molecule has 0 saturated carbocycles. The van der Waals surface area contributed by atoms with Crippen LogP contribution in [-0.4, -0.2) is 58.0 Å². The van der Waals surface area contributed by atoms with Crippen LogP contribution in [0.3, 0.4) is 0 Å². The molecular weight excluding hydrogens is 446 g/mol. The monoisotopic (exact) mass is 459 g/mol. The van der Waals surface area contributed by atoms with Crippen molar-refractivity contribution in [3.8, 4) is 11.5 Å². The Morgan fingerprint density at radius 1 is 1.33 bits per heavy atom. The molecule has 0 unspecified atom stereocenters. The van der Waals surface area contributed by atoms with Gasteiger partial charge in [0.2, 0.25) is 0 Å². The Hall–Kier alpha value is -2.53. The first-order valence-electron chi connectivity index (χ1n) is 7.37. The zero-order valence-electron chi connectivity index (χ0n) is 14.1. The molecule has 0 spiro atoms. The zero-order chi connectivity index (χ0) is 20.3. The van der Waals surface area contributed by atoms with Gasteiger partial charge in [-0.3, -0.25) is 14.5 Å². The van der Waals surface area contributed by atoms with E-state index in [1.54, 1.807) is 6.07 Å². The van der Waals surface area contributed by atoms with E-state index in [4.69, 9.17) is 19.7 Å². The van der Waals surface area contributed by atoms with E-state index in [-0.39, 0.29) is 16.4 Å². The minimum Gasteiger partial charge on any atom is -0.493 e. The Balaban J connectivity index is 2.35. The van der Waals surface area contributed by atoms with Gasteiger partial charge in [0.25, 0.3) is 11.1 Å². The van der Waals surface area contributed by atoms with E-state index in [1.165, 1.54) is 26.2 Å². The second-order valence-electron chi connectivity index (χ2n) is 5.28. The number of methoxy groups -OCH3 is 1. The summed E-state index contributed by atoms with van der Waals surface area (Å²) in [7, 11) is 1.36. The average Bonchev–Trinajstić information content (AvgIpc) is 2.86. The third-order valence-electron chi connectivity index (χ3n) is 3.46. The number of imide groups is 1. The number of carboxylic acids is 2. The maximum Gasteiger partial charge on any atom is 0.341 e. The Morgan fingerprint density at radius 3 is 2.56 bits per heavy atom. The Labute approximate surface area is 166 Å². The lowest BCUT2D eigenvalue weighted by Crippen LogP contribution is -2.41. The van der Waals surface area contributed by atoms with Crippen LogP contribution in [0, 0.1) is 0 Å². The third-order valence-corrected chi connectivity index (χ3v) is 4.93. The molecule has 27 heavy (non-hydrogen) atoms. The number of nitrogens with zero attached hydrogens (tertiary/aromatic N) is 1. The SMILES string of the molecule is COc1cc(/C=C2/SC(=O)N([C@H](C)C(=O)O)C2=O)cc(Br)c1OCC(=O)O. The van der Waals surface area contributed by atoms with Crippen LogP contribution in [-0.2, 0) is 14.4 Å². The van der Waals surface area contributed by atoms with Crippen molar-refractivity contribution in [2.45, 2.75) is 13.0 Å². The fourth-order valence-electron chi connectivity index (χ4n) is 2.17. The lowest BCUT2D eigenvalue weighted by Gasteiger charge is -2.16. The summed E-state index contributed by atoms with van der Waals surface area (Å²) in [6.07, 6.45) is 1.41. The predicted octanol–water partition coefficient (Wildman–Crippen LogP) is 2.43. The number of hydrogen-bond acceptors (Lipinski definition) is 7. The molecule has 1 saturated heterocycles. The van der Waals surface area contributed by atoms with Gasteiger partial charge in [-0.1, -0.05) is 0 Å². The third kappa shape index (κ3) is 4.61. The fourth-order valence-corrected chi connectivity index (χ4v) is 3.65. The number of ether oxygens (including phenoxy) is 2. The Morgan fingerprint density at radius 2 is 2.00 bits per heavy atom. The highest BCUT2D eigenvalue weighted by Crippen LogP contribution is 2.39. The summed E-state index contributed by atoms with van der Waals surface area (Å²) in [5.41, 5.74) is 0.467. The number of rotatable bonds is 7. The lowest BCUT2D eigenvalue weighted by molar-refractivity contribution is -0.145. The molecule has 2 rings (SSSR count). The zero-order valence-corrected chi connectivity index (χ0v) is 16.5.